The molecule has 0 spiro atoms. The van der Waals surface area contributed by atoms with Crippen LogP contribution in [0.2, 0.25) is 5.02 Å². The lowest BCUT2D eigenvalue weighted by atomic mass is 9.93. The van der Waals surface area contributed by atoms with Crippen molar-refractivity contribution >= 4 is 17.6 Å². The first-order valence-corrected chi connectivity index (χ1v) is 8.07. The number of ether oxygens (including phenoxy) is 1. The molecule has 0 fully saturated rings. The van der Waals surface area contributed by atoms with E-state index >= 15 is 0 Å². The molecular weight excluding hydrogens is 300 g/mol. The summed E-state index contributed by atoms with van der Waals surface area (Å²) >= 11 is 6.27. The van der Waals surface area contributed by atoms with Crippen LogP contribution in [-0.4, -0.2) is 31.3 Å². The lowest BCUT2D eigenvalue weighted by molar-refractivity contribution is -0.142. The Morgan fingerprint density at radius 3 is 2.14 bits per heavy atom. The predicted molar refractivity (Wildman–Crippen MR) is 91.2 cm³/mol. The van der Waals surface area contributed by atoms with Crippen molar-refractivity contribution in [1.29, 1.82) is 0 Å². The third-order valence-corrected chi connectivity index (χ3v) is 3.65. The van der Waals surface area contributed by atoms with Crippen LogP contribution in [0.15, 0.2) is 24.3 Å². The molecule has 0 heterocycles. The number of methoxy groups -OCH3 is 1. The average molecular weight is 327 g/mol. The summed E-state index contributed by atoms with van der Waals surface area (Å²) in [5.74, 6) is -0.671. The minimum Gasteiger partial charge on any atom is -0.469 e. The van der Waals surface area contributed by atoms with Gasteiger partial charge in [-0.3, -0.25) is 15.4 Å². The normalized spacial score (nSPS) is 13.0. The molecule has 4 nitrogen and oxygen atoms in total. The van der Waals surface area contributed by atoms with Gasteiger partial charge in [0.2, 0.25) is 0 Å². The fraction of sp³-hybridized carbons (Fsp3) is 0.588. The third-order valence-electron chi connectivity index (χ3n) is 3.31. The summed E-state index contributed by atoms with van der Waals surface area (Å²) in [4.78, 5) is 12.2. The van der Waals surface area contributed by atoms with E-state index in [1.165, 1.54) is 7.11 Å². The second-order valence-electron chi connectivity index (χ2n) is 6.03. The van der Waals surface area contributed by atoms with Crippen molar-refractivity contribution in [2.45, 2.75) is 58.3 Å². The molecule has 124 valence electrons. The van der Waals surface area contributed by atoms with E-state index in [2.05, 4.69) is 38.3 Å². The van der Waals surface area contributed by atoms with Gasteiger partial charge in [0.05, 0.1) is 19.2 Å². The smallest absolute Gasteiger partial charge is 0.313 e. The van der Waals surface area contributed by atoms with E-state index in [-0.39, 0.29) is 12.1 Å². The second kappa shape index (κ2) is 9.13. The zero-order valence-corrected chi connectivity index (χ0v) is 14.8. The minimum atomic E-state index is -0.402. The molecule has 5 heteroatoms. The predicted octanol–water partition coefficient (Wildman–Crippen LogP) is 3.31. The van der Waals surface area contributed by atoms with Crippen LogP contribution in [0.25, 0.3) is 0 Å². The van der Waals surface area contributed by atoms with Crippen molar-refractivity contribution in [2.75, 3.05) is 7.11 Å². The molecule has 2 N–H and O–H groups in total. The van der Waals surface area contributed by atoms with Gasteiger partial charge in [-0.2, -0.15) is 0 Å². The summed E-state index contributed by atoms with van der Waals surface area (Å²) in [6.45, 7) is 8.32. The molecule has 0 aliphatic rings. The van der Waals surface area contributed by atoms with E-state index in [1.54, 1.807) is 6.07 Å². The number of rotatable bonds is 8. The van der Waals surface area contributed by atoms with Crippen molar-refractivity contribution < 1.29 is 9.53 Å². The van der Waals surface area contributed by atoms with E-state index in [1.807, 2.05) is 18.2 Å². The largest absolute Gasteiger partial charge is 0.469 e. The number of hydrogen-bond acceptors (Lipinski definition) is 4. The summed E-state index contributed by atoms with van der Waals surface area (Å²) in [6, 6.07) is 8.04. The van der Waals surface area contributed by atoms with Gasteiger partial charge in [-0.1, -0.05) is 29.8 Å². The number of esters is 1. The first kappa shape index (κ1) is 18.9. The van der Waals surface area contributed by atoms with Gasteiger partial charge < -0.3 is 4.74 Å². The van der Waals surface area contributed by atoms with E-state index in [9.17, 15) is 4.79 Å². The van der Waals surface area contributed by atoms with Crippen LogP contribution in [0.1, 0.15) is 45.6 Å². The zero-order chi connectivity index (χ0) is 16.7. The highest BCUT2D eigenvalue weighted by atomic mass is 35.5. The summed E-state index contributed by atoms with van der Waals surface area (Å²) in [7, 11) is 1.41. The maximum atomic E-state index is 12.2. The Hall–Kier alpha value is -1.10. The van der Waals surface area contributed by atoms with Gasteiger partial charge in [-0.15, -0.1) is 0 Å². The molecule has 0 aliphatic heterocycles. The maximum Gasteiger partial charge on any atom is 0.313 e. The van der Waals surface area contributed by atoms with Crippen molar-refractivity contribution in [3.8, 4) is 0 Å². The molecule has 0 saturated carbocycles. The van der Waals surface area contributed by atoms with Gasteiger partial charge in [0.25, 0.3) is 0 Å². The molecule has 0 bridgehead atoms. The van der Waals surface area contributed by atoms with Crippen molar-refractivity contribution in [3.63, 3.8) is 0 Å². The van der Waals surface area contributed by atoms with Crippen LogP contribution in [0, 0.1) is 0 Å². The van der Waals surface area contributed by atoms with Gasteiger partial charge in [0.15, 0.2) is 0 Å². The van der Waals surface area contributed by atoms with Gasteiger partial charge in [0.1, 0.15) is 0 Å². The molecule has 1 rings (SSSR count). The Kier molecular flexibility index (Phi) is 7.87. The van der Waals surface area contributed by atoms with Crippen LogP contribution in [0.3, 0.4) is 0 Å². The Balaban J connectivity index is 3.00. The molecule has 1 aromatic carbocycles. The molecular formula is C17H27ClN2O2. The highest BCUT2D eigenvalue weighted by Gasteiger charge is 2.27. The number of nitrogens with one attached hydrogen (secondary N) is 2. The van der Waals surface area contributed by atoms with Gasteiger partial charge in [-0.25, -0.2) is 0 Å². The van der Waals surface area contributed by atoms with Crippen LogP contribution in [-0.2, 0) is 9.53 Å². The summed E-state index contributed by atoms with van der Waals surface area (Å²) in [5, 5.41) is 7.48. The lowest BCUT2D eigenvalue weighted by Gasteiger charge is -2.28. The Labute approximate surface area is 138 Å². The minimum absolute atomic E-state index is 0.000345. The van der Waals surface area contributed by atoms with Crippen molar-refractivity contribution in [2.24, 2.45) is 0 Å². The number of carbonyl (C=O) groups excluding carboxylic acids is 1. The fourth-order valence-corrected chi connectivity index (χ4v) is 2.74. The van der Waals surface area contributed by atoms with E-state index < -0.39 is 5.92 Å². The van der Waals surface area contributed by atoms with E-state index in [0.717, 1.165) is 5.56 Å². The summed E-state index contributed by atoms with van der Waals surface area (Å²) in [5.41, 5.74) is 0.803. The summed E-state index contributed by atoms with van der Waals surface area (Å²) in [6.07, 6.45) is 0.577. The van der Waals surface area contributed by atoms with E-state index in [0.29, 0.717) is 23.5 Å². The highest BCUT2D eigenvalue weighted by Crippen LogP contribution is 2.29. The zero-order valence-electron chi connectivity index (χ0n) is 14.0. The topological polar surface area (TPSA) is 50.4 Å². The quantitative estimate of drug-likeness (QED) is 0.568. The molecule has 0 aliphatic carbocycles. The van der Waals surface area contributed by atoms with Gasteiger partial charge >= 0.3 is 5.97 Å². The maximum absolute atomic E-state index is 12.2. The SMILES string of the molecule is COC(=O)C(CC(NC(C)C)NC(C)C)c1ccccc1Cl. The van der Waals surface area contributed by atoms with Gasteiger partial charge in [0, 0.05) is 17.1 Å². The summed E-state index contributed by atoms with van der Waals surface area (Å²) < 4.78 is 4.98. The molecule has 0 aromatic heterocycles. The van der Waals surface area contributed by atoms with Crippen LogP contribution in [0.4, 0.5) is 0 Å². The Morgan fingerprint density at radius 2 is 1.68 bits per heavy atom. The monoisotopic (exact) mass is 326 g/mol. The van der Waals surface area contributed by atoms with Crippen LogP contribution < -0.4 is 10.6 Å². The first-order chi connectivity index (χ1) is 10.3. The molecule has 0 radical (unpaired) electrons. The number of halogens is 1. The Bertz CT molecular complexity index is 467. The van der Waals surface area contributed by atoms with Crippen LogP contribution in [0.5, 0.6) is 0 Å². The van der Waals surface area contributed by atoms with Crippen LogP contribution >= 0.6 is 11.6 Å². The molecule has 1 unspecified atom stereocenters. The third kappa shape index (κ3) is 5.95. The average Bonchev–Trinajstić information content (AvgIpc) is 2.43. The van der Waals surface area contributed by atoms with Crippen molar-refractivity contribution in [1.82, 2.24) is 10.6 Å². The van der Waals surface area contributed by atoms with Crippen molar-refractivity contribution in [3.05, 3.63) is 34.9 Å². The molecule has 1 aromatic rings. The highest BCUT2D eigenvalue weighted by molar-refractivity contribution is 6.31. The molecule has 22 heavy (non-hydrogen) atoms. The number of carbonyl (C=O) groups is 1. The lowest BCUT2D eigenvalue weighted by Crippen LogP contribution is -2.49. The number of benzene rings is 1. The van der Waals surface area contributed by atoms with E-state index in [4.69, 9.17) is 16.3 Å². The first-order valence-electron chi connectivity index (χ1n) is 7.69. The molecule has 0 amide bonds. The number of hydrogen-bond donors (Lipinski definition) is 2. The van der Waals surface area contributed by atoms with Gasteiger partial charge in [-0.05, 0) is 45.7 Å². The molecule has 0 saturated heterocycles. The molecule has 1 atom stereocenters. The second-order valence-corrected chi connectivity index (χ2v) is 6.44. The fourth-order valence-electron chi connectivity index (χ4n) is 2.47. The standard InChI is InChI=1S/C17H27ClN2O2/c1-11(2)19-16(20-12(3)4)10-14(17(21)22-5)13-8-6-7-9-15(13)18/h6-9,11-12,14,16,19-20H,10H2,1-5H3. The Morgan fingerprint density at radius 1 is 1.14 bits per heavy atom.